The van der Waals surface area contributed by atoms with Crippen molar-refractivity contribution in [2.24, 2.45) is 0 Å². The molecule has 1 aromatic carbocycles. The summed E-state index contributed by atoms with van der Waals surface area (Å²) in [6, 6.07) is 13.0. The number of carbonyl (C=O) groups excluding carboxylic acids is 1. The molecule has 0 atom stereocenters. The summed E-state index contributed by atoms with van der Waals surface area (Å²) in [4.78, 5) is 25.5. The van der Waals surface area contributed by atoms with E-state index < -0.39 is 21.7 Å². The molecule has 0 unspecified atom stereocenters. The Hall–Kier alpha value is -2.76. The van der Waals surface area contributed by atoms with E-state index in [0.29, 0.717) is 36.8 Å². The standard InChI is InChI=1S/C21H24N4O5S2/c1-32(28,29)23-11-9-17(10-12-23)20-22-24(21(27)25(20)18-8-5-13-31-18)14-19(26)30-15-16-6-3-2-4-7-16/h2-8,13,17H,9-12,14-15H2,1H3. The first-order valence-electron chi connectivity index (χ1n) is 10.2. The summed E-state index contributed by atoms with van der Waals surface area (Å²) in [5, 5.41) is 7.05. The topological polar surface area (TPSA) is 104 Å². The van der Waals surface area contributed by atoms with Crippen LogP contribution >= 0.6 is 11.3 Å². The number of rotatable bonds is 7. The molecule has 0 aliphatic carbocycles. The van der Waals surface area contributed by atoms with Gasteiger partial charge in [-0.1, -0.05) is 30.3 Å². The Labute approximate surface area is 189 Å². The van der Waals surface area contributed by atoms with Crippen LogP contribution in [-0.2, 0) is 32.7 Å². The highest BCUT2D eigenvalue weighted by Gasteiger charge is 2.31. The fourth-order valence-corrected chi connectivity index (χ4v) is 5.35. The van der Waals surface area contributed by atoms with Crippen LogP contribution in [0, 0.1) is 0 Å². The SMILES string of the molecule is CS(=O)(=O)N1CCC(c2nn(CC(=O)OCc3ccccc3)c(=O)n2-c2cccs2)CC1. The molecule has 2 aromatic heterocycles. The van der Waals surface area contributed by atoms with E-state index in [9.17, 15) is 18.0 Å². The van der Waals surface area contributed by atoms with Crippen molar-refractivity contribution in [3.63, 3.8) is 0 Å². The Morgan fingerprint density at radius 3 is 2.50 bits per heavy atom. The van der Waals surface area contributed by atoms with Crippen molar-refractivity contribution < 1.29 is 17.9 Å². The molecule has 0 amide bonds. The number of hydrogen-bond acceptors (Lipinski definition) is 7. The summed E-state index contributed by atoms with van der Waals surface area (Å²) in [5.74, 6) is -0.101. The summed E-state index contributed by atoms with van der Waals surface area (Å²) in [5.41, 5.74) is 0.445. The minimum Gasteiger partial charge on any atom is -0.459 e. The zero-order valence-corrected chi connectivity index (χ0v) is 19.2. The van der Waals surface area contributed by atoms with Crippen LogP contribution in [0.4, 0.5) is 0 Å². The van der Waals surface area contributed by atoms with E-state index in [-0.39, 0.29) is 19.1 Å². The number of piperidine rings is 1. The van der Waals surface area contributed by atoms with Crippen molar-refractivity contribution in [2.45, 2.75) is 31.9 Å². The van der Waals surface area contributed by atoms with Crippen LogP contribution < -0.4 is 5.69 Å². The van der Waals surface area contributed by atoms with Gasteiger partial charge in [0.25, 0.3) is 0 Å². The van der Waals surface area contributed by atoms with E-state index in [2.05, 4.69) is 5.10 Å². The van der Waals surface area contributed by atoms with Crippen LogP contribution in [0.25, 0.3) is 5.00 Å². The Morgan fingerprint density at radius 2 is 1.88 bits per heavy atom. The van der Waals surface area contributed by atoms with Crippen molar-refractivity contribution >= 4 is 27.3 Å². The summed E-state index contributed by atoms with van der Waals surface area (Å²) in [6.07, 6.45) is 2.30. The molecular formula is C21H24N4O5S2. The molecular weight excluding hydrogens is 452 g/mol. The summed E-state index contributed by atoms with van der Waals surface area (Å²) < 4.78 is 33.1. The van der Waals surface area contributed by atoms with Crippen molar-refractivity contribution in [3.05, 3.63) is 69.7 Å². The van der Waals surface area contributed by atoms with Gasteiger partial charge in [-0.3, -0.25) is 4.79 Å². The van der Waals surface area contributed by atoms with E-state index in [4.69, 9.17) is 4.74 Å². The molecule has 32 heavy (non-hydrogen) atoms. The molecule has 0 spiro atoms. The lowest BCUT2D eigenvalue weighted by molar-refractivity contribution is -0.146. The molecule has 1 saturated heterocycles. The quantitative estimate of drug-likeness (QED) is 0.483. The van der Waals surface area contributed by atoms with Crippen LogP contribution in [0.15, 0.2) is 52.6 Å². The first kappa shape index (κ1) is 22.4. The largest absolute Gasteiger partial charge is 0.459 e. The van der Waals surface area contributed by atoms with E-state index in [1.165, 1.54) is 26.5 Å². The maximum absolute atomic E-state index is 13.1. The fraction of sp³-hybridized carbons (Fsp3) is 0.381. The van der Waals surface area contributed by atoms with Gasteiger partial charge < -0.3 is 4.74 Å². The highest BCUT2D eigenvalue weighted by molar-refractivity contribution is 7.88. The van der Waals surface area contributed by atoms with Crippen molar-refractivity contribution in [1.29, 1.82) is 0 Å². The van der Waals surface area contributed by atoms with Crippen molar-refractivity contribution in [3.8, 4) is 5.00 Å². The molecule has 0 bridgehead atoms. The van der Waals surface area contributed by atoms with Gasteiger partial charge in [0.15, 0.2) is 0 Å². The second-order valence-corrected chi connectivity index (χ2v) is 10.6. The lowest BCUT2D eigenvalue weighted by Gasteiger charge is -2.29. The normalized spacial score (nSPS) is 15.7. The van der Waals surface area contributed by atoms with Gasteiger partial charge in [0.2, 0.25) is 10.0 Å². The summed E-state index contributed by atoms with van der Waals surface area (Å²) in [7, 11) is -3.25. The van der Waals surface area contributed by atoms with Crippen LogP contribution in [-0.4, -0.2) is 52.4 Å². The highest BCUT2D eigenvalue weighted by atomic mass is 32.2. The van der Waals surface area contributed by atoms with Gasteiger partial charge in [-0.2, -0.15) is 5.10 Å². The van der Waals surface area contributed by atoms with Gasteiger partial charge >= 0.3 is 11.7 Å². The molecule has 3 heterocycles. The van der Waals surface area contributed by atoms with Crippen LogP contribution in [0.5, 0.6) is 0 Å². The van der Waals surface area contributed by atoms with Gasteiger partial charge in [-0.25, -0.2) is 26.8 Å². The second-order valence-electron chi connectivity index (χ2n) is 7.67. The summed E-state index contributed by atoms with van der Waals surface area (Å²) >= 11 is 1.40. The molecule has 0 N–H and O–H groups in total. The molecule has 11 heteroatoms. The Kier molecular flexibility index (Phi) is 6.58. The van der Waals surface area contributed by atoms with Crippen LogP contribution in [0.2, 0.25) is 0 Å². The number of aromatic nitrogens is 3. The smallest absolute Gasteiger partial charge is 0.351 e. The molecule has 0 saturated carbocycles. The van der Waals surface area contributed by atoms with Gasteiger partial charge in [0.05, 0.1) is 6.26 Å². The van der Waals surface area contributed by atoms with Crippen molar-refractivity contribution in [2.75, 3.05) is 19.3 Å². The average molecular weight is 477 g/mol. The Morgan fingerprint density at radius 1 is 1.16 bits per heavy atom. The number of carbonyl (C=O) groups is 1. The minimum atomic E-state index is -3.25. The van der Waals surface area contributed by atoms with E-state index >= 15 is 0 Å². The molecule has 1 fully saturated rings. The molecule has 9 nitrogen and oxygen atoms in total. The van der Waals surface area contributed by atoms with Crippen molar-refractivity contribution in [1.82, 2.24) is 18.7 Å². The monoisotopic (exact) mass is 476 g/mol. The Balaban J connectivity index is 1.54. The minimum absolute atomic E-state index is 0.0932. The lowest BCUT2D eigenvalue weighted by atomic mass is 9.97. The number of ether oxygens (including phenoxy) is 1. The maximum Gasteiger partial charge on any atom is 0.351 e. The molecule has 4 rings (SSSR count). The number of nitrogens with zero attached hydrogens (tertiary/aromatic N) is 4. The summed E-state index contributed by atoms with van der Waals surface area (Å²) in [6.45, 7) is 0.568. The highest BCUT2D eigenvalue weighted by Crippen LogP contribution is 2.29. The van der Waals surface area contributed by atoms with Crippen LogP contribution in [0.3, 0.4) is 0 Å². The van der Waals surface area contributed by atoms with E-state index in [1.54, 1.807) is 0 Å². The number of esters is 1. The Bertz CT molecular complexity index is 1220. The van der Waals surface area contributed by atoms with Gasteiger partial charge in [-0.15, -0.1) is 11.3 Å². The third-order valence-electron chi connectivity index (χ3n) is 5.40. The third kappa shape index (κ3) is 5.00. The molecule has 170 valence electrons. The molecule has 1 aliphatic heterocycles. The first-order chi connectivity index (χ1) is 15.3. The maximum atomic E-state index is 13.1. The molecule has 3 aromatic rings. The lowest BCUT2D eigenvalue weighted by Crippen LogP contribution is -2.37. The zero-order valence-electron chi connectivity index (χ0n) is 17.6. The fourth-order valence-electron chi connectivity index (χ4n) is 3.75. The van der Waals surface area contributed by atoms with Gasteiger partial charge in [-0.05, 0) is 35.9 Å². The number of thiophene rings is 1. The number of benzene rings is 1. The zero-order chi connectivity index (χ0) is 22.7. The van der Waals surface area contributed by atoms with Gasteiger partial charge in [0, 0.05) is 19.0 Å². The predicted octanol–water partition coefficient (Wildman–Crippen LogP) is 1.98. The second kappa shape index (κ2) is 9.39. The average Bonchev–Trinajstić information content (AvgIpc) is 3.41. The number of hydrogen-bond donors (Lipinski definition) is 0. The first-order valence-corrected chi connectivity index (χ1v) is 12.9. The predicted molar refractivity (Wildman–Crippen MR) is 120 cm³/mol. The number of sulfonamides is 1. The third-order valence-corrected chi connectivity index (χ3v) is 7.56. The van der Waals surface area contributed by atoms with Gasteiger partial charge in [0.1, 0.15) is 24.0 Å². The van der Waals surface area contributed by atoms with E-state index in [1.807, 2.05) is 47.8 Å². The molecule has 0 radical (unpaired) electrons. The van der Waals surface area contributed by atoms with E-state index in [0.717, 1.165) is 10.2 Å². The van der Waals surface area contributed by atoms with Crippen LogP contribution in [0.1, 0.15) is 30.1 Å². The molecule has 1 aliphatic rings.